The van der Waals surface area contributed by atoms with Crippen molar-refractivity contribution in [2.24, 2.45) is 0 Å². The highest BCUT2D eigenvalue weighted by molar-refractivity contribution is 8.32. The highest BCUT2D eigenvalue weighted by Crippen LogP contribution is 2.53. The first kappa shape index (κ1) is 17.5. The van der Waals surface area contributed by atoms with E-state index in [1.54, 1.807) is 0 Å². The maximum atomic E-state index is 12.1. The van der Waals surface area contributed by atoms with Crippen LogP contribution in [0.25, 0.3) is 0 Å². The molecule has 20 heavy (non-hydrogen) atoms. The molecular weight excluding hydrogens is 292 g/mol. The van der Waals surface area contributed by atoms with Crippen LogP contribution in [0.1, 0.15) is 39.2 Å². The van der Waals surface area contributed by atoms with E-state index >= 15 is 0 Å². The van der Waals surface area contributed by atoms with E-state index in [9.17, 15) is 8.42 Å². The summed E-state index contributed by atoms with van der Waals surface area (Å²) in [6.45, 7) is 6.04. The van der Waals surface area contributed by atoms with Crippen molar-refractivity contribution in [2.75, 3.05) is 17.3 Å². The summed E-state index contributed by atoms with van der Waals surface area (Å²) in [5.41, 5.74) is 1.15. The zero-order chi connectivity index (χ0) is 15.1. The lowest BCUT2D eigenvalue weighted by Gasteiger charge is -2.36. The van der Waals surface area contributed by atoms with Crippen LogP contribution in [0.2, 0.25) is 0 Å². The van der Waals surface area contributed by atoms with Crippen LogP contribution in [-0.4, -0.2) is 25.7 Å². The lowest BCUT2D eigenvalue weighted by Crippen LogP contribution is -2.19. The molecule has 3 nitrogen and oxygen atoms in total. The van der Waals surface area contributed by atoms with Gasteiger partial charge in [-0.2, -0.15) is 8.42 Å². The Kier molecular flexibility index (Phi) is 7.06. The fourth-order valence-electron chi connectivity index (χ4n) is 1.98. The van der Waals surface area contributed by atoms with Crippen molar-refractivity contribution in [1.82, 2.24) is 0 Å². The van der Waals surface area contributed by atoms with Crippen LogP contribution >= 0.6 is 10.3 Å². The topological polar surface area (TPSA) is 43.4 Å². The summed E-state index contributed by atoms with van der Waals surface area (Å²) < 4.78 is 29.9. The molecule has 0 saturated carbocycles. The summed E-state index contributed by atoms with van der Waals surface area (Å²) in [5.74, 6) is 2.38. The van der Waals surface area contributed by atoms with Crippen molar-refractivity contribution < 1.29 is 12.0 Å². The van der Waals surface area contributed by atoms with Gasteiger partial charge in [-0.1, -0.05) is 57.5 Å². The molecule has 0 unspecified atom stereocenters. The van der Waals surface area contributed by atoms with Crippen molar-refractivity contribution in [1.29, 1.82) is 0 Å². The van der Waals surface area contributed by atoms with Gasteiger partial charge in [-0.15, -0.1) is 10.3 Å². The molecule has 0 amide bonds. The molecule has 0 fully saturated rings. The Morgan fingerprint density at radius 2 is 1.60 bits per heavy atom. The van der Waals surface area contributed by atoms with E-state index in [1.807, 2.05) is 51.1 Å². The van der Waals surface area contributed by atoms with Crippen molar-refractivity contribution >= 4 is 20.4 Å². The molecule has 0 heterocycles. The minimum atomic E-state index is -3.41. The third kappa shape index (κ3) is 5.46. The zero-order valence-corrected chi connectivity index (χ0v) is 14.3. The Bertz CT molecular complexity index is 479. The second-order valence-electron chi connectivity index (χ2n) is 4.86. The van der Waals surface area contributed by atoms with E-state index in [-0.39, 0.29) is 5.75 Å². The first-order valence-electron chi connectivity index (χ1n) is 7.21. The molecule has 1 rings (SSSR count). The Hall–Kier alpha value is -0.520. The second kappa shape index (κ2) is 8.05. The summed E-state index contributed by atoms with van der Waals surface area (Å²) >= 11 is 0. The summed E-state index contributed by atoms with van der Waals surface area (Å²) in [7, 11) is -5.01. The molecule has 0 N–H and O–H groups in total. The first-order valence-corrected chi connectivity index (χ1v) is 10.8. The Balaban J connectivity index is 2.86. The van der Waals surface area contributed by atoms with Crippen molar-refractivity contribution in [3.63, 3.8) is 0 Å². The van der Waals surface area contributed by atoms with E-state index in [0.29, 0.717) is 12.2 Å². The van der Waals surface area contributed by atoms with E-state index < -0.39 is 20.4 Å². The van der Waals surface area contributed by atoms with Crippen molar-refractivity contribution in [3.05, 3.63) is 35.9 Å². The van der Waals surface area contributed by atoms with Gasteiger partial charge in [-0.3, -0.25) is 0 Å². The molecule has 0 radical (unpaired) electrons. The van der Waals surface area contributed by atoms with Gasteiger partial charge in [0.05, 0.1) is 5.75 Å². The van der Waals surface area contributed by atoms with Crippen LogP contribution in [0, 0.1) is 0 Å². The summed E-state index contributed by atoms with van der Waals surface area (Å²) in [5, 5.41) is 0. The lowest BCUT2D eigenvalue weighted by molar-refractivity contribution is 0.506. The molecular formula is C15H26O3S2. The molecule has 0 saturated heterocycles. The molecule has 0 aliphatic heterocycles. The molecule has 0 spiro atoms. The largest absolute Gasteiger partial charge is 0.276 e. The van der Waals surface area contributed by atoms with Crippen LogP contribution in [-0.2, 0) is 19.5 Å². The van der Waals surface area contributed by atoms with E-state index in [2.05, 4.69) is 0 Å². The highest BCUT2D eigenvalue weighted by Gasteiger charge is 2.28. The average molecular weight is 319 g/mol. The van der Waals surface area contributed by atoms with Crippen molar-refractivity contribution in [2.45, 2.75) is 39.4 Å². The van der Waals surface area contributed by atoms with Gasteiger partial charge in [0.1, 0.15) is 0 Å². The average Bonchev–Trinajstić information content (AvgIpc) is 2.45. The lowest BCUT2D eigenvalue weighted by atomic mass is 10.2. The number of unbranched alkanes of at least 4 members (excludes halogenated alkanes) is 1. The molecule has 0 aliphatic rings. The molecule has 1 aromatic rings. The fourth-order valence-corrected chi connectivity index (χ4v) is 7.23. The van der Waals surface area contributed by atoms with E-state index in [0.717, 1.165) is 23.5 Å². The maximum Gasteiger partial charge on any atom is 0.276 e. The minimum absolute atomic E-state index is 0.132. The Morgan fingerprint density at radius 3 is 2.10 bits per heavy atom. The third-order valence-corrected chi connectivity index (χ3v) is 9.06. The highest BCUT2D eigenvalue weighted by atomic mass is 32.3. The predicted octanol–water partition coefficient (Wildman–Crippen LogP) is 4.09. The monoisotopic (exact) mass is 318 g/mol. The molecule has 116 valence electrons. The van der Waals surface area contributed by atoms with Crippen LogP contribution in [0.5, 0.6) is 0 Å². The minimum Gasteiger partial charge on any atom is -0.220 e. The van der Waals surface area contributed by atoms with Gasteiger partial charge in [0, 0.05) is 5.75 Å². The van der Waals surface area contributed by atoms with Gasteiger partial charge < -0.3 is 0 Å². The van der Waals surface area contributed by atoms with E-state index in [1.165, 1.54) is 0 Å². The van der Waals surface area contributed by atoms with Gasteiger partial charge >= 0.3 is 0 Å². The fraction of sp³-hybridized carbons (Fsp3) is 0.600. The van der Waals surface area contributed by atoms with Gasteiger partial charge in [0.15, 0.2) is 0 Å². The normalized spacial score (nSPS) is 13.3. The second-order valence-corrected chi connectivity index (χ2v) is 10.3. The maximum absolute atomic E-state index is 12.1. The summed E-state index contributed by atoms with van der Waals surface area (Å²) in [4.78, 5) is 0. The first-order chi connectivity index (χ1) is 9.47. The van der Waals surface area contributed by atoms with Crippen LogP contribution in [0.15, 0.2) is 30.3 Å². The Labute approximate surface area is 125 Å². The standard InChI is InChI=1S/C15H26O3S2/c1-4-7-13-20(16,17)18-19(5-2,6-3)14-15-11-9-8-10-12-15/h8-12H,4-7,13-14H2,1-3H3. The molecule has 0 atom stereocenters. The zero-order valence-electron chi connectivity index (χ0n) is 12.7. The molecule has 0 aromatic heterocycles. The number of benzene rings is 1. The predicted molar refractivity (Wildman–Crippen MR) is 88.6 cm³/mol. The van der Waals surface area contributed by atoms with Crippen LogP contribution in [0.3, 0.4) is 0 Å². The molecule has 5 heteroatoms. The van der Waals surface area contributed by atoms with Gasteiger partial charge in [0.2, 0.25) is 0 Å². The molecule has 1 aromatic carbocycles. The van der Waals surface area contributed by atoms with E-state index in [4.69, 9.17) is 3.63 Å². The number of hydrogen-bond acceptors (Lipinski definition) is 3. The van der Waals surface area contributed by atoms with Gasteiger partial charge in [-0.05, 0) is 23.5 Å². The summed E-state index contributed by atoms with van der Waals surface area (Å²) in [6.07, 6.45) is 1.53. The van der Waals surface area contributed by atoms with Crippen LogP contribution < -0.4 is 0 Å². The molecule has 0 aliphatic carbocycles. The smallest absolute Gasteiger partial charge is 0.220 e. The third-order valence-electron chi connectivity index (χ3n) is 3.32. The van der Waals surface area contributed by atoms with Gasteiger partial charge in [0.25, 0.3) is 10.1 Å². The summed E-state index contributed by atoms with van der Waals surface area (Å²) in [6, 6.07) is 10.0. The van der Waals surface area contributed by atoms with Crippen LogP contribution in [0.4, 0.5) is 0 Å². The number of rotatable bonds is 9. The SMILES string of the molecule is CCCCS(=O)(=O)OS(CC)(CC)Cc1ccccc1. The number of hydrogen-bond donors (Lipinski definition) is 0. The quantitative estimate of drug-likeness (QED) is 0.688. The molecule has 0 bridgehead atoms. The van der Waals surface area contributed by atoms with Crippen molar-refractivity contribution in [3.8, 4) is 0 Å². The Morgan fingerprint density at radius 1 is 1.00 bits per heavy atom. The van der Waals surface area contributed by atoms with Gasteiger partial charge in [-0.25, -0.2) is 3.63 Å².